The van der Waals surface area contributed by atoms with E-state index in [2.05, 4.69) is 10.3 Å². The van der Waals surface area contributed by atoms with Crippen LogP contribution >= 0.6 is 0 Å². The van der Waals surface area contributed by atoms with E-state index in [-0.39, 0.29) is 4.90 Å². The zero-order valence-electron chi connectivity index (χ0n) is 2.80. The first-order valence-corrected chi connectivity index (χ1v) is 1.33. The van der Waals surface area contributed by atoms with Gasteiger partial charge in [-0.05, 0) is 9.69 Å². The van der Waals surface area contributed by atoms with Crippen molar-refractivity contribution in [3.8, 4) is 0 Å². The van der Waals surface area contributed by atoms with Gasteiger partial charge in [0.15, 0.2) is 5.21 Å². The molecule has 0 radical (unpaired) electrons. The van der Waals surface area contributed by atoms with Crippen molar-refractivity contribution >= 4 is 0 Å². The monoisotopic (exact) mass is 89.0 g/mol. The molecule has 32 valence electrons. The standard InChI is InChI=1S/CHFN4/c2-6-1-3-4-5-6/h1H/p+1. The normalized spacial score (nSPS) is 8.83. The Kier molecular flexibility index (Phi) is 0.533. The number of nitrogens with one attached hydrogen (secondary N) is 1. The van der Waals surface area contributed by atoms with Gasteiger partial charge in [-0.25, -0.2) is 0 Å². The summed E-state index contributed by atoms with van der Waals surface area (Å²) in [6.45, 7) is 0. The van der Waals surface area contributed by atoms with Crippen molar-refractivity contribution in [1.29, 1.82) is 0 Å². The highest BCUT2D eigenvalue weighted by molar-refractivity contribution is 4.08. The molecular formula is CH2FN4+. The molecule has 0 saturated heterocycles. The van der Waals surface area contributed by atoms with Crippen LogP contribution in [0.5, 0.6) is 0 Å². The largest absolute Gasteiger partial charge is 0.325 e. The van der Waals surface area contributed by atoms with Gasteiger partial charge in [0, 0.05) is 4.90 Å². The number of hydrogen-bond donors (Lipinski definition) is 1. The molecule has 1 rings (SSSR count). The second-order valence-electron chi connectivity index (χ2n) is 0.742. The summed E-state index contributed by atoms with van der Waals surface area (Å²) >= 11 is 0. The Morgan fingerprint density at radius 1 is 1.83 bits per heavy atom. The Morgan fingerprint density at radius 3 is 2.83 bits per heavy atom. The van der Waals surface area contributed by atoms with Crippen LogP contribution in [0.2, 0.25) is 0 Å². The molecule has 1 heterocycles. The molecular weight excluding hydrogens is 87.0 g/mol. The fourth-order valence-corrected chi connectivity index (χ4v) is 0.166. The molecule has 0 bridgehead atoms. The Balaban J connectivity index is 3.05. The number of H-pyrrole nitrogens is 1. The van der Waals surface area contributed by atoms with Crippen LogP contribution in [0, 0.1) is 0 Å². The summed E-state index contributed by atoms with van der Waals surface area (Å²) < 4.78 is 11.4. The van der Waals surface area contributed by atoms with Crippen LogP contribution in [-0.4, -0.2) is 15.5 Å². The van der Waals surface area contributed by atoms with Crippen molar-refractivity contribution in [3.05, 3.63) is 6.33 Å². The molecule has 6 heavy (non-hydrogen) atoms. The van der Waals surface area contributed by atoms with E-state index in [1.807, 2.05) is 5.21 Å². The molecule has 5 heteroatoms. The maximum atomic E-state index is 11.4. The Bertz CT molecular complexity index is 111. The first-order chi connectivity index (χ1) is 2.89. The van der Waals surface area contributed by atoms with Gasteiger partial charge >= 0.3 is 6.33 Å². The highest BCUT2D eigenvalue weighted by Gasteiger charge is 1.89. The highest BCUT2D eigenvalue weighted by atomic mass is 19.2. The number of aromatic nitrogens is 4. The smallest absolute Gasteiger partial charge is 0.0392 e. The summed E-state index contributed by atoms with van der Waals surface area (Å²) in [5.41, 5.74) is 0. The predicted octanol–water partition coefficient (Wildman–Crippen LogP) is -1.18. The maximum Gasteiger partial charge on any atom is 0.325 e. The van der Waals surface area contributed by atoms with Crippen LogP contribution in [0.15, 0.2) is 6.33 Å². The van der Waals surface area contributed by atoms with E-state index < -0.39 is 0 Å². The fourth-order valence-electron chi connectivity index (χ4n) is 0.166. The molecule has 0 spiro atoms. The van der Waals surface area contributed by atoms with E-state index in [0.717, 1.165) is 6.33 Å². The molecule has 1 N–H and O–H groups in total. The lowest BCUT2D eigenvalue weighted by atomic mass is 11.4. The molecule has 0 aliphatic heterocycles. The van der Waals surface area contributed by atoms with Crippen LogP contribution in [-0.2, 0) is 0 Å². The van der Waals surface area contributed by atoms with Crippen molar-refractivity contribution in [2.45, 2.75) is 0 Å². The van der Waals surface area contributed by atoms with E-state index in [4.69, 9.17) is 0 Å². The maximum absolute atomic E-state index is 11.4. The van der Waals surface area contributed by atoms with Crippen LogP contribution < -0.4 is 4.90 Å². The molecule has 0 fully saturated rings. The van der Waals surface area contributed by atoms with Crippen molar-refractivity contribution in [2.24, 2.45) is 0 Å². The van der Waals surface area contributed by atoms with Gasteiger partial charge in [0.05, 0.1) is 0 Å². The summed E-state index contributed by atoms with van der Waals surface area (Å²) in [6.07, 6.45) is 0.917. The minimum Gasteiger partial charge on any atom is -0.0392 e. The third kappa shape index (κ3) is 0.333. The van der Waals surface area contributed by atoms with Gasteiger partial charge in [0.1, 0.15) is 5.10 Å². The van der Waals surface area contributed by atoms with Crippen molar-refractivity contribution < 1.29 is 9.39 Å². The minimum atomic E-state index is 0.153. The molecule has 0 amide bonds. The van der Waals surface area contributed by atoms with E-state index >= 15 is 0 Å². The van der Waals surface area contributed by atoms with Gasteiger partial charge < -0.3 is 0 Å². The minimum absolute atomic E-state index is 0.153. The molecule has 0 saturated carbocycles. The molecule has 0 aromatic carbocycles. The first-order valence-electron chi connectivity index (χ1n) is 1.33. The van der Waals surface area contributed by atoms with Crippen LogP contribution in [0.25, 0.3) is 0 Å². The van der Waals surface area contributed by atoms with Crippen LogP contribution in [0.1, 0.15) is 0 Å². The van der Waals surface area contributed by atoms with Crippen LogP contribution in [0.3, 0.4) is 0 Å². The number of aromatic amines is 1. The van der Waals surface area contributed by atoms with Crippen molar-refractivity contribution in [3.63, 3.8) is 0 Å². The molecule has 4 nitrogen and oxygen atoms in total. The van der Waals surface area contributed by atoms with Gasteiger partial charge in [-0.2, -0.15) is 0 Å². The zero-order valence-corrected chi connectivity index (χ0v) is 2.80. The zero-order chi connectivity index (χ0) is 4.41. The quantitative estimate of drug-likeness (QED) is 0.435. The van der Waals surface area contributed by atoms with Gasteiger partial charge in [0.25, 0.3) is 0 Å². The van der Waals surface area contributed by atoms with Crippen LogP contribution in [0.4, 0.5) is 4.48 Å². The average molecular weight is 89.1 g/mol. The summed E-state index contributed by atoms with van der Waals surface area (Å²) in [6, 6.07) is 0. The van der Waals surface area contributed by atoms with Gasteiger partial charge in [-0.15, -0.1) is 0 Å². The molecule has 1 aromatic heterocycles. The molecule has 1 aromatic rings. The molecule has 0 aliphatic carbocycles. The van der Waals surface area contributed by atoms with E-state index in [0.29, 0.717) is 0 Å². The number of tetrazole rings is 1. The molecule has 0 atom stereocenters. The lowest BCUT2D eigenvalue weighted by molar-refractivity contribution is -0.892. The number of hydrogen-bond acceptors (Lipinski definition) is 2. The third-order valence-corrected chi connectivity index (χ3v) is 0.351. The number of rotatable bonds is 0. The van der Waals surface area contributed by atoms with Gasteiger partial charge in [0.2, 0.25) is 0 Å². The Hall–Kier alpha value is -1.00. The first kappa shape index (κ1) is 3.20. The highest BCUT2D eigenvalue weighted by Crippen LogP contribution is 1.47. The molecule has 0 unspecified atom stereocenters. The van der Waals surface area contributed by atoms with Gasteiger partial charge in [-0.3, -0.25) is 0 Å². The summed E-state index contributed by atoms with van der Waals surface area (Å²) in [5.74, 6) is 0. The Morgan fingerprint density at radius 2 is 2.67 bits per heavy atom. The second-order valence-corrected chi connectivity index (χ2v) is 0.742. The summed E-state index contributed by atoms with van der Waals surface area (Å²) in [4.78, 5) is 0.153. The summed E-state index contributed by atoms with van der Waals surface area (Å²) in [7, 11) is 0. The molecule has 0 aliphatic rings. The van der Waals surface area contributed by atoms with E-state index in [1.165, 1.54) is 0 Å². The second kappa shape index (κ2) is 1.00. The summed E-state index contributed by atoms with van der Waals surface area (Å²) in [5, 5.41) is 8.03. The van der Waals surface area contributed by atoms with E-state index in [1.54, 1.807) is 0 Å². The lowest BCUT2D eigenvalue weighted by Gasteiger charge is -1.56. The lowest BCUT2D eigenvalue weighted by Crippen LogP contribution is -2.22. The topological polar surface area (TPSA) is 45.5 Å². The predicted molar refractivity (Wildman–Crippen MR) is 13.1 cm³/mol. The SMILES string of the molecule is F[n+]1cnn[nH]1. The third-order valence-electron chi connectivity index (χ3n) is 0.351. The Labute approximate surface area is 32.5 Å². The van der Waals surface area contributed by atoms with Crippen molar-refractivity contribution in [2.75, 3.05) is 0 Å². The van der Waals surface area contributed by atoms with Gasteiger partial charge in [-0.1, -0.05) is 0 Å². The number of nitrogens with zero attached hydrogens (tertiary/aromatic N) is 3. The van der Waals surface area contributed by atoms with E-state index in [9.17, 15) is 4.48 Å². The fraction of sp³-hybridized carbons (Fsp3) is 0. The average Bonchev–Trinajstić information content (AvgIpc) is 1.86. The van der Waals surface area contributed by atoms with Crippen molar-refractivity contribution in [1.82, 2.24) is 15.5 Å². The number of halogens is 1.